The van der Waals surface area contributed by atoms with Gasteiger partial charge in [-0.05, 0) is 78.4 Å². The van der Waals surface area contributed by atoms with E-state index in [2.05, 4.69) is 146 Å². The van der Waals surface area contributed by atoms with Gasteiger partial charge in [0.15, 0.2) is 0 Å². The van der Waals surface area contributed by atoms with E-state index in [0.717, 1.165) is 43.8 Å². The molecule has 42 heavy (non-hydrogen) atoms. The molecule has 7 aromatic rings. The molecule has 0 spiro atoms. The van der Waals surface area contributed by atoms with Gasteiger partial charge < -0.3 is 14.6 Å². The average Bonchev–Trinajstić information content (AvgIpc) is 3.36. The van der Waals surface area contributed by atoms with E-state index in [4.69, 9.17) is 0 Å². The first-order valence-corrected chi connectivity index (χ1v) is 14.5. The molecule has 0 atom stereocenters. The summed E-state index contributed by atoms with van der Waals surface area (Å²) in [7, 11) is 0. The first-order chi connectivity index (χ1) is 20.7. The van der Waals surface area contributed by atoms with Gasteiger partial charge in [-0.15, -0.1) is 0 Å². The number of halogens is 1. The Morgan fingerprint density at radius 1 is 0.595 bits per heavy atom. The number of nitrogens with zero attached hydrogens (tertiary/aromatic N) is 3. The van der Waals surface area contributed by atoms with Gasteiger partial charge in [-0.2, -0.15) is 0 Å². The Hall–Kier alpha value is -5.13. The van der Waals surface area contributed by atoms with Crippen LogP contribution in [-0.4, -0.2) is 15.9 Å². The number of aromatic nitrogens is 1. The Morgan fingerprint density at radius 3 is 1.93 bits per heavy atom. The summed E-state index contributed by atoms with van der Waals surface area (Å²) in [4.78, 5) is 6.78. The monoisotopic (exact) mass is 607 g/mol. The van der Waals surface area contributed by atoms with E-state index in [0.29, 0.717) is 5.69 Å². The summed E-state index contributed by atoms with van der Waals surface area (Å²) in [6, 6.07) is 49.8. The van der Waals surface area contributed by atoms with Gasteiger partial charge >= 0.3 is 0 Å². The molecule has 0 aliphatic heterocycles. The van der Waals surface area contributed by atoms with Gasteiger partial charge in [0.1, 0.15) is 11.4 Å². The number of phenolic OH excluding ortho intramolecular Hbond substituents is 1. The Bertz CT molecular complexity index is 2010. The molecule has 7 rings (SSSR count). The smallest absolute Gasteiger partial charge is 0.142 e. The number of aliphatic imine (C=N–C) groups is 1. The Balaban J connectivity index is 1.34. The number of phenols is 1. The van der Waals surface area contributed by atoms with Crippen molar-refractivity contribution in [2.24, 2.45) is 4.99 Å². The first kappa shape index (κ1) is 25.8. The molecule has 0 amide bonds. The predicted octanol–water partition coefficient (Wildman–Crippen LogP) is 10.5. The first-order valence-electron chi connectivity index (χ1n) is 13.7. The van der Waals surface area contributed by atoms with Crippen LogP contribution in [0.5, 0.6) is 5.75 Å². The van der Waals surface area contributed by atoms with Crippen LogP contribution in [-0.2, 0) is 0 Å². The molecule has 5 heteroatoms. The van der Waals surface area contributed by atoms with E-state index in [1.165, 1.54) is 10.8 Å². The quantitative estimate of drug-likeness (QED) is 0.191. The fourth-order valence-electron chi connectivity index (χ4n) is 5.44. The van der Waals surface area contributed by atoms with Crippen LogP contribution in [0.25, 0.3) is 27.5 Å². The van der Waals surface area contributed by atoms with E-state index in [1.54, 1.807) is 18.3 Å². The molecule has 1 heterocycles. The predicted molar refractivity (Wildman–Crippen MR) is 179 cm³/mol. The minimum Gasteiger partial charge on any atom is -0.506 e. The fourth-order valence-corrected chi connectivity index (χ4v) is 5.79. The number of hydrogen-bond donors (Lipinski definition) is 1. The van der Waals surface area contributed by atoms with Crippen LogP contribution in [0.1, 0.15) is 5.56 Å². The summed E-state index contributed by atoms with van der Waals surface area (Å²) in [6.45, 7) is 0. The lowest BCUT2D eigenvalue weighted by Gasteiger charge is -2.25. The van der Waals surface area contributed by atoms with Crippen LogP contribution in [0.3, 0.4) is 0 Å². The molecule has 1 N–H and O–H groups in total. The lowest BCUT2D eigenvalue weighted by Crippen LogP contribution is -2.09. The zero-order valence-electron chi connectivity index (χ0n) is 22.6. The molecule has 0 fully saturated rings. The molecule has 1 aromatic heterocycles. The Kier molecular flexibility index (Phi) is 6.78. The summed E-state index contributed by atoms with van der Waals surface area (Å²) in [5.74, 6) is 0.137. The number of anilines is 3. The molecule has 4 nitrogen and oxygen atoms in total. The van der Waals surface area contributed by atoms with Crippen LogP contribution >= 0.6 is 15.9 Å². The Labute approximate surface area is 252 Å². The molecule has 0 saturated carbocycles. The summed E-state index contributed by atoms with van der Waals surface area (Å²) >= 11 is 3.37. The van der Waals surface area contributed by atoms with E-state index in [-0.39, 0.29) is 5.75 Å². The number of para-hydroxylation sites is 3. The van der Waals surface area contributed by atoms with Crippen LogP contribution in [0.15, 0.2) is 155 Å². The number of benzene rings is 6. The Morgan fingerprint density at radius 2 is 1.24 bits per heavy atom. The average molecular weight is 609 g/mol. The van der Waals surface area contributed by atoms with Crippen molar-refractivity contribution in [1.29, 1.82) is 0 Å². The van der Waals surface area contributed by atoms with Crippen molar-refractivity contribution < 1.29 is 5.11 Å². The third-order valence-electron chi connectivity index (χ3n) is 7.39. The van der Waals surface area contributed by atoms with Crippen LogP contribution in [0, 0.1) is 0 Å². The molecular weight excluding hydrogens is 582 g/mol. The van der Waals surface area contributed by atoms with Crippen molar-refractivity contribution in [3.8, 4) is 11.4 Å². The standard InChI is InChI=1S/C37H26BrN3O/c38-27-17-22-34(37(42)23-27)39-25-26-15-18-30(19-16-26)41-35-14-8-7-13-32(35)33-21-20-31(24-36(33)41)40(28-9-3-1-4-10-28)29-11-5-2-6-12-29/h1-25,42H. The highest BCUT2D eigenvalue weighted by Gasteiger charge is 2.17. The van der Waals surface area contributed by atoms with Gasteiger partial charge in [0.05, 0.1) is 11.0 Å². The van der Waals surface area contributed by atoms with Crippen LogP contribution < -0.4 is 4.90 Å². The van der Waals surface area contributed by atoms with Crippen molar-refractivity contribution in [2.75, 3.05) is 4.90 Å². The van der Waals surface area contributed by atoms with Crippen molar-refractivity contribution >= 4 is 66.7 Å². The normalized spacial score (nSPS) is 11.5. The van der Waals surface area contributed by atoms with Gasteiger partial charge in [0.2, 0.25) is 0 Å². The summed E-state index contributed by atoms with van der Waals surface area (Å²) in [5.41, 5.74) is 8.11. The van der Waals surface area contributed by atoms with Gasteiger partial charge in [-0.25, -0.2) is 0 Å². The summed E-state index contributed by atoms with van der Waals surface area (Å²) in [5, 5.41) is 12.6. The number of fused-ring (bicyclic) bond motifs is 3. The van der Waals surface area contributed by atoms with Crippen molar-refractivity contribution in [3.63, 3.8) is 0 Å². The molecule has 0 aliphatic carbocycles. The van der Waals surface area contributed by atoms with E-state index >= 15 is 0 Å². The van der Waals surface area contributed by atoms with Gasteiger partial charge in [-0.3, -0.25) is 4.99 Å². The second-order valence-electron chi connectivity index (χ2n) is 10.0. The maximum absolute atomic E-state index is 10.2. The topological polar surface area (TPSA) is 40.8 Å². The lowest BCUT2D eigenvalue weighted by atomic mass is 10.1. The van der Waals surface area contributed by atoms with Crippen molar-refractivity contribution in [2.45, 2.75) is 0 Å². The van der Waals surface area contributed by atoms with Crippen LogP contribution in [0.2, 0.25) is 0 Å². The van der Waals surface area contributed by atoms with E-state index in [1.807, 2.05) is 18.2 Å². The maximum Gasteiger partial charge on any atom is 0.142 e. The fraction of sp³-hybridized carbons (Fsp3) is 0. The third-order valence-corrected chi connectivity index (χ3v) is 7.88. The molecule has 0 saturated heterocycles. The molecular formula is C37H26BrN3O. The minimum absolute atomic E-state index is 0.137. The van der Waals surface area contributed by atoms with Crippen molar-refractivity contribution in [1.82, 2.24) is 4.57 Å². The highest BCUT2D eigenvalue weighted by molar-refractivity contribution is 9.10. The summed E-state index contributed by atoms with van der Waals surface area (Å²) < 4.78 is 3.14. The zero-order valence-corrected chi connectivity index (χ0v) is 24.2. The number of aromatic hydroxyl groups is 1. The molecule has 6 aromatic carbocycles. The zero-order chi connectivity index (χ0) is 28.5. The van der Waals surface area contributed by atoms with Gasteiger partial charge in [-0.1, -0.05) is 88.7 Å². The molecule has 0 aliphatic rings. The van der Waals surface area contributed by atoms with Crippen molar-refractivity contribution in [3.05, 3.63) is 156 Å². The second kappa shape index (κ2) is 11.0. The molecule has 202 valence electrons. The van der Waals surface area contributed by atoms with Gasteiger partial charge in [0.25, 0.3) is 0 Å². The highest BCUT2D eigenvalue weighted by Crippen LogP contribution is 2.39. The highest BCUT2D eigenvalue weighted by atomic mass is 79.9. The van der Waals surface area contributed by atoms with E-state index < -0.39 is 0 Å². The summed E-state index contributed by atoms with van der Waals surface area (Å²) in [6.07, 6.45) is 1.77. The largest absolute Gasteiger partial charge is 0.506 e. The van der Waals surface area contributed by atoms with Crippen LogP contribution in [0.4, 0.5) is 22.7 Å². The minimum atomic E-state index is 0.137. The van der Waals surface area contributed by atoms with Gasteiger partial charge in [0, 0.05) is 44.2 Å². The second-order valence-corrected chi connectivity index (χ2v) is 11.0. The third kappa shape index (κ3) is 4.84. The molecule has 0 bridgehead atoms. The SMILES string of the molecule is Oc1cc(Br)ccc1N=Cc1ccc(-n2c3ccccc3c3ccc(N(c4ccccc4)c4ccccc4)cc32)cc1. The lowest BCUT2D eigenvalue weighted by molar-refractivity contribution is 0.476. The number of rotatable bonds is 6. The number of hydrogen-bond acceptors (Lipinski definition) is 3. The van der Waals surface area contributed by atoms with E-state index in [9.17, 15) is 5.11 Å². The maximum atomic E-state index is 10.2. The molecule has 0 unspecified atom stereocenters. The molecule has 0 radical (unpaired) electrons.